The Labute approximate surface area is 268 Å². The van der Waals surface area contributed by atoms with E-state index < -0.39 is 47.7 Å². The molecule has 3 aromatic carbocycles. The molecule has 2 amide bonds. The van der Waals surface area contributed by atoms with Crippen LogP contribution < -0.4 is 20.1 Å². The van der Waals surface area contributed by atoms with Crippen LogP contribution in [0.15, 0.2) is 66.7 Å². The van der Waals surface area contributed by atoms with Crippen LogP contribution in [0.5, 0.6) is 11.5 Å². The van der Waals surface area contributed by atoms with Crippen molar-refractivity contribution < 1.29 is 37.0 Å². The maximum Gasteiger partial charge on any atom is 0.452 e. The Morgan fingerprint density at radius 3 is 2.07 bits per heavy atom. The number of carbonyl (C=O) groups is 3. The summed E-state index contributed by atoms with van der Waals surface area (Å²) in [6.07, 6.45) is -5.32. The van der Waals surface area contributed by atoms with E-state index in [4.69, 9.17) is 44.3 Å². The number of carbonyl (C=O) groups excluding carboxylic acids is 3. The number of benzene rings is 3. The second-order valence-corrected chi connectivity index (χ2v) is 11.5. The molecule has 0 aromatic heterocycles. The number of ketones is 1. The van der Waals surface area contributed by atoms with E-state index in [1.165, 1.54) is 33.1 Å². The summed E-state index contributed by atoms with van der Waals surface area (Å²) in [4.78, 5) is 39.4. The number of methoxy groups -OCH3 is 1. The molecule has 0 aliphatic heterocycles. The topological polar surface area (TPSA) is 93.7 Å². The monoisotopic (exact) mass is 672 g/mol. The summed E-state index contributed by atoms with van der Waals surface area (Å²) in [5, 5.41) is 5.59. The smallest absolute Gasteiger partial charge is 0.452 e. The molecule has 0 heterocycles. The summed E-state index contributed by atoms with van der Waals surface area (Å²) < 4.78 is 50.9. The summed E-state index contributed by atoms with van der Waals surface area (Å²) in [6.45, 7) is 2.54. The molecule has 13 heteroatoms. The Hall–Kier alpha value is -3.47. The fourth-order valence-corrected chi connectivity index (χ4v) is 4.77. The van der Waals surface area contributed by atoms with Crippen molar-refractivity contribution in [3.05, 3.63) is 92.9 Å². The van der Waals surface area contributed by atoms with Gasteiger partial charge in [-0.05, 0) is 65.6 Å². The van der Waals surface area contributed by atoms with Crippen LogP contribution in [0, 0.1) is 5.92 Å². The van der Waals surface area contributed by atoms with Crippen LogP contribution >= 0.6 is 34.8 Å². The molecule has 0 aliphatic carbocycles. The van der Waals surface area contributed by atoms with Gasteiger partial charge in [0.05, 0.1) is 29.1 Å². The molecule has 2 N–H and O–H groups in total. The van der Waals surface area contributed by atoms with Crippen molar-refractivity contribution in [1.82, 2.24) is 10.6 Å². The van der Waals surface area contributed by atoms with Crippen molar-refractivity contribution in [2.45, 2.75) is 44.4 Å². The Bertz CT molecular complexity index is 1470. The van der Waals surface area contributed by atoms with E-state index in [0.29, 0.717) is 27.6 Å². The highest BCUT2D eigenvalue weighted by atomic mass is 35.5. The number of nitrogens with one attached hydrogen (secondary N) is 2. The van der Waals surface area contributed by atoms with Crippen LogP contribution in [0.25, 0.3) is 0 Å². The van der Waals surface area contributed by atoms with Crippen molar-refractivity contribution in [2.24, 2.45) is 5.92 Å². The van der Waals surface area contributed by atoms with Gasteiger partial charge in [-0.3, -0.25) is 14.4 Å². The largest absolute Gasteiger partial charge is 0.497 e. The van der Waals surface area contributed by atoms with Gasteiger partial charge in [-0.15, -0.1) is 0 Å². The Kier molecular flexibility index (Phi) is 12.3. The van der Waals surface area contributed by atoms with Gasteiger partial charge in [0.2, 0.25) is 11.8 Å². The lowest BCUT2D eigenvalue weighted by atomic mass is 9.96. The van der Waals surface area contributed by atoms with E-state index in [9.17, 15) is 27.6 Å². The lowest BCUT2D eigenvalue weighted by molar-refractivity contribution is -0.175. The molecule has 7 nitrogen and oxygen atoms in total. The molecule has 0 radical (unpaired) electrons. The lowest BCUT2D eigenvalue weighted by Gasteiger charge is -2.27. The molecule has 3 atom stereocenters. The van der Waals surface area contributed by atoms with Crippen molar-refractivity contribution in [3.8, 4) is 11.5 Å². The SMILES string of the molecule is COc1ccc(OCC(C(=O)N[C@@H](Cc2cccc(Cl)c2)C(=O)N[C@H](C(=O)C(F)(F)F)C(C)C)c2ccc(Cl)c(Cl)c2)cc1. The summed E-state index contributed by atoms with van der Waals surface area (Å²) >= 11 is 18.4. The molecule has 0 bridgehead atoms. The van der Waals surface area contributed by atoms with E-state index in [0.717, 1.165) is 0 Å². The van der Waals surface area contributed by atoms with Gasteiger partial charge in [0.15, 0.2) is 0 Å². The first kappa shape index (κ1) is 35.0. The fraction of sp³-hybridized carbons (Fsp3) is 0.323. The lowest BCUT2D eigenvalue weighted by Crippen LogP contribution is -2.56. The minimum Gasteiger partial charge on any atom is -0.497 e. The summed E-state index contributed by atoms with van der Waals surface area (Å²) in [5.74, 6) is -4.70. The molecule has 0 saturated carbocycles. The van der Waals surface area contributed by atoms with Crippen LogP contribution in [-0.4, -0.2) is 49.6 Å². The van der Waals surface area contributed by atoms with Gasteiger partial charge in [0, 0.05) is 11.4 Å². The van der Waals surface area contributed by atoms with E-state index in [2.05, 4.69) is 10.6 Å². The molecule has 3 aromatic rings. The minimum absolute atomic E-state index is 0.142. The fourth-order valence-electron chi connectivity index (χ4n) is 4.25. The first-order valence-corrected chi connectivity index (χ1v) is 14.5. The molecule has 3 rings (SSSR count). The number of Topliss-reactive ketones (excluding diaryl/α,β-unsaturated/α-hetero) is 1. The second kappa shape index (κ2) is 15.5. The summed E-state index contributed by atoms with van der Waals surface area (Å²) in [6, 6.07) is 14.3. The third-order valence-electron chi connectivity index (χ3n) is 6.63. The first-order valence-electron chi connectivity index (χ1n) is 13.4. The highest BCUT2D eigenvalue weighted by molar-refractivity contribution is 6.42. The predicted molar refractivity (Wildman–Crippen MR) is 163 cm³/mol. The second-order valence-electron chi connectivity index (χ2n) is 10.2. The normalized spacial score (nSPS) is 13.5. The van der Waals surface area contributed by atoms with Crippen molar-refractivity contribution in [1.29, 1.82) is 0 Å². The molecular formula is C31H30Cl3F3N2O5. The third kappa shape index (κ3) is 9.77. The molecule has 0 spiro atoms. The minimum atomic E-state index is -5.17. The number of alkyl halides is 3. The first-order chi connectivity index (χ1) is 20.7. The zero-order valence-electron chi connectivity index (χ0n) is 23.9. The van der Waals surface area contributed by atoms with Gasteiger partial charge >= 0.3 is 6.18 Å². The van der Waals surface area contributed by atoms with Gasteiger partial charge in [-0.25, -0.2) is 0 Å². The quantitative estimate of drug-likeness (QED) is 0.208. The standard InChI is InChI=1S/C31H30Cl3F3N2O5/c1-17(2)27(28(40)31(35,36)37)39-30(42)26(14-18-5-4-6-20(32)13-18)38-29(41)23(19-7-12-24(33)25(34)15-19)16-44-22-10-8-21(43-3)9-11-22/h4-13,15,17,23,26-27H,14,16H2,1-3H3,(H,38,41)(H,39,42)/t23?,26-,27-/m0/s1. The molecular weight excluding hydrogens is 644 g/mol. The Morgan fingerprint density at radius 2 is 1.50 bits per heavy atom. The highest BCUT2D eigenvalue weighted by Gasteiger charge is 2.45. The van der Waals surface area contributed by atoms with E-state index >= 15 is 0 Å². The number of halogens is 6. The van der Waals surface area contributed by atoms with Gasteiger partial charge in [-0.1, -0.05) is 66.8 Å². The van der Waals surface area contributed by atoms with Crippen molar-refractivity contribution in [2.75, 3.05) is 13.7 Å². The number of ether oxygens (including phenoxy) is 2. The predicted octanol–water partition coefficient (Wildman–Crippen LogP) is 6.82. The third-order valence-corrected chi connectivity index (χ3v) is 7.60. The zero-order chi connectivity index (χ0) is 32.6. The molecule has 0 fully saturated rings. The number of hydrogen-bond donors (Lipinski definition) is 2. The summed E-state index contributed by atoms with van der Waals surface area (Å²) in [5.41, 5.74) is 0.918. The van der Waals surface area contributed by atoms with E-state index in [-0.39, 0.29) is 23.1 Å². The Morgan fingerprint density at radius 1 is 0.841 bits per heavy atom. The molecule has 1 unspecified atom stereocenters. The number of rotatable bonds is 13. The van der Waals surface area contributed by atoms with Gasteiger partial charge in [0.25, 0.3) is 5.78 Å². The van der Waals surface area contributed by atoms with Gasteiger partial charge in [-0.2, -0.15) is 13.2 Å². The van der Waals surface area contributed by atoms with Gasteiger partial charge < -0.3 is 20.1 Å². The van der Waals surface area contributed by atoms with E-state index in [1.54, 1.807) is 54.6 Å². The molecule has 44 heavy (non-hydrogen) atoms. The maximum absolute atomic E-state index is 13.8. The molecule has 0 saturated heterocycles. The Balaban J connectivity index is 1.94. The maximum atomic E-state index is 13.8. The highest BCUT2D eigenvalue weighted by Crippen LogP contribution is 2.28. The van der Waals surface area contributed by atoms with Crippen molar-refractivity contribution in [3.63, 3.8) is 0 Å². The van der Waals surface area contributed by atoms with Crippen LogP contribution in [-0.2, 0) is 20.8 Å². The number of amides is 2. The summed E-state index contributed by atoms with van der Waals surface area (Å²) in [7, 11) is 1.51. The van der Waals surface area contributed by atoms with E-state index in [1.807, 2.05) is 0 Å². The molecule has 236 valence electrons. The van der Waals surface area contributed by atoms with Crippen molar-refractivity contribution >= 4 is 52.4 Å². The zero-order valence-corrected chi connectivity index (χ0v) is 26.2. The molecule has 0 aliphatic rings. The van der Waals surface area contributed by atoms with Crippen LogP contribution in [0.3, 0.4) is 0 Å². The van der Waals surface area contributed by atoms with Crippen LogP contribution in [0.2, 0.25) is 15.1 Å². The number of hydrogen-bond acceptors (Lipinski definition) is 5. The average Bonchev–Trinajstić information content (AvgIpc) is 2.96. The van der Waals surface area contributed by atoms with Crippen LogP contribution in [0.4, 0.5) is 13.2 Å². The van der Waals surface area contributed by atoms with Gasteiger partial charge in [0.1, 0.15) is 24.1 Å². The average molecular weight is 674 g/mol. The van der Waals surface area contributed by atoms with Crippen LogP contribution in [0.1, 0.15) is 30.9 Å².